The van der Waals surface area contributed by atoms with Crippen LogP contribution in [-0.2, 0) is 0 Å². The van der Waals surface area contributed by atoms with Crippen molar-refractivity contribution < 1.29 is 0 Å². The number of nitrogens with one attached hydrogen (secondary N) is 1. The number of aryl methyl sites for hydroxylation is 1. The number of rotatable bonds is 3. The van der Waals surface area contributed by atoms with E-state index in [1.807, 2.05) is 12.1 Å². The van der Waals surface area contributed by atoms with Crippen LogP contribution < -0.4 is 5.32 Å². The summed E-state index contributed by atoms with van der Waals surface area (Å²) in [6.07, 6.45) is 0. The Balaban J connectivity index is 2.61. The molecule has 0 spiro atoms. The van der Waals surface area contributed by atoms with Gasteiger partial charge in [0.25, 0.3) is 0 Å². The first kappa shape index (κ1) is 12.0. The molecule has 0 fully saturated rings. The van der Waals surface area contributed by atoms with E-state index in [-0.39, 0.29) is 0 Å². The van der Waals surface area contributed by atoms with E-state index in [9.17, 15) is 0 Å². The first-order valence-corrected chi connectivity index (χ1v) is 5.70. The summed E-state index contributed by atoms with van der Waals surface area (Å²) < 4.78 is 0. The minimum atomic E-state index is 0.795. The molecule has 0 bridgehead atoms. The molecule has 0 aliphatic rings. The van der Waals surface area contributed by atoms with E-state index in [1.54, 1.807) is 0 Å². The van der Waals surface area contributed by atoms with Gasteiger partial charge in [0, 0.05) is 18.8 Å². The van der Waals surface area contributed by atoms with Crippen molar-refractivity contribution in [3.63, 3.8) is 0 Å². The predicted octanol–water partition coefficient (Wildman–Crippen LogP) is 3.03. The molecule has 0 aromatic heterocycles. The summed E-state index contributed by atoms with van der Waals surface area (Å²) in [5, 5.41) is 4.02. The van der Waals surface area contributed by atoms with Crippen molar-refractivity contribution in [1.82, 2.24) is 4.90 Å². The van der Waals surface area contributed by atoms with Crippen LogP contribution in [0.25, 0.3) is 0 Å². The first-order valence-electron chi connectivity index (χ1n) is 5.30. The Morgan fingerprint density at radius 1 is 1.20 bits per heavy atom. The van der Waals surface area contributed by atoms with E-state index in [1.165, 1.54) is 5.56 Å². The van der Waals surface area contributed by atoms with Crippen LogP contribution in [0.5, 0.6) is 0 Å². The second-order valence-electron chi connectivity index (χ2n) is 3.47. The molecule has 2 nitrogen and oxygen atoms in total. The van der Waals surface area contributed by atoms with Crippen LogP contribution >= 0.6 is 12.2 Å². The number of nitrogens with zero attached hydrogens (tertiary/aromatic N) is 1. The monoisotopic (exact) mass is 222 g/mol. The highest BCUT2D eigenvalue weighted by Crippen LogP contribution is 2.09. The quantitative estimate of drug-likeness (QED) is 0.791. The lowest BCUT2D eigenvalue weighted by atomic mass is 10.2. The van der Waals surface area contributed by atoms with Gasteiger partial charge in [0.2, 0.25) is 0 Å². The fourth-order valence-corrected chi connectivity index (χ4v) is 1.73. The van der Waals surface area contributed by atoms with Gasteiger partial charge in [0.05, 0.1) is 0 Å². The van der Waals surface area contributed by atoms with Gasteiger partial charge in [-0.25, -0.2) is 0 Å². The van der Waals surface area contributed by atoms with E-state index in [0.717, 1.165) is 23.9 Å². The smallest absolute Gasteiger partial charge is 0.173 e. The summed E-state index contributed by atoms with van der Waals surface area (Å²) in [5.41, 5.74) is 2.31. The van der Waals surface area contributed by atoms with E-state index in [0.29, 0.717) is 0 Å². The van der Waals surface area contributed by atoms with Crippen molar-refractivity contribution in [3.05, 3.63) is 29.8 Å². The molecule has 0 radical (unpaired) electrons. The van der Waals surface area contributed by atoms with Gasteiger partial charge in [-0.3, -0.25) is 0 Å². The van der Waals surface area contributed by atoms with Crippen molar-refractivity contribution in [3.8, 4) is 0 Å². The maximum absolute atomic E-state index is 5.30. The summed E-state index contributed by atoms with van der Waals surface area (Å²) >= 11 is 5.30. The Kier molecular flexibility index (Phi) is 4.56. The average molecular weight is 222 g/mol. The number of benzene rings is 1. The minimum absolute atomic E-state index is 0.795. The molecule has 0 aliphatic carbocycles. The van der Waals surface area contributed by atoms with E-state index in [2.05, 4.69) is 43.1 Å². The van der Waals surface area contributed by atoms with Crippen molar-refractivity contribution in [1.29, 1.82) is 0 Å². The second-order valence-corrected chi connectivity index (χ2v) is 3.86. The van der Waals surface area contributed by atoms with Crippen LogP contribution in [0.1, 0.15) is 19.4 Å². The summed E-state index contributed by atoms with van der Waals surface area (Å²) in [6, 6.07) is 8.25. The third-order valence-electron chi connectivity index (χ3n) is 2.35. The number of thiocarbonyl (C=S) groups is 1. The normalized spacial score (nSPS) is 9.80. The Morgan fingerprint density at radius 3 is 2.20 bits per heavy atom. The Morgan fingerprint density at radius 2 is 1.73 bits per heavy atom. The molecule has 0 unspecified atom stereocenters. The summed E-state index contributed by atoms with van der Waals surface area (Å²) in [5.74, 6) is 0. The van der Waals surface area contributed by atoms with Crippen LogP contribution in [0.15, 0.2) is 24.3 Å². The van der Waals surface area contributed by atoms with Gasteiger partial charge in [-0.2, -0.15) is 0 Å². The molecule has 82 valence electrons. The van der Waals surface area contributed by atoms with Crippen LogP contribution in [0.2, 0.25) is 0 Å². The van der Waals surface area contributed by atoms with Crippen molar-refractivity contribution in [2.45, 2.75) is 20.8 Å². The maximum Gasteiger partial charge on any atom is 0.173 e. The van der Waals surface area contributed by atoms with Crippen molar-refractivity contribution >= 4 is 23.0 Å². The molecule has 1 N–H and O–H groups in total. The van der Waals surface area contributed by atoms with Gasteiger partial charge in [-0.15, -0.1) is 0 Å². The van der Waals surface area contributed by atoms with Crippen LogP contribution in [0, 0.1) is 6.92 Å². The lowest BCUT2D eigenvalue weighted by Crippen LogP contribution is -2.34. The second kappa shape index (κ2) is 5.71. The Bertz CT molecular complexity index is 315. The third-order valence-corrected chi connectivity index (χ3v) is 2.71. The minimum Gasteiger partial charge on any atom is -0.350 e. The molecule has 0 amide bonds. The van der Waals surface area contributed by atoms with Crippen molar-refractivity contribution in [2.24, 2.45) is 0 Å². The molecule has 1 rings (SSSR count). The lowest BCUT2D eigenvalue weighted by Gasteiger charge is -2.22. The van der Waals surface area contributed by atoms with E-state index < -0.39 is 0 Å². The zero-order valence-electron chi connectivity index (χ0n) is 9.58. The number of anilines is 1. The highest BCUT2D eigenvalue weighted by atomic mass is 32.1. The van der Waals surface area contributed by atoms with Gasteiger partial charge in [0.1, 0.15) is 0 Å². The number of hydrogen-bond donors (Lipinski definition) is 1. The van der Waals surface area contributed by atoms with E-state index in [4.69, 9.17) is 12.2 Å². The lowest BCUT2D eigenvalue weighted by molar-refractivity contribution is 0.473. The summed E-state index contributed by atoms with van der Waals surface area (Å²) in [4.78, 5) is 2.12. The average Bonchev–Trinajstić information content (AvgIpc) is 2.23. The Labute approximate surface area is 97.3 Å². The fraction of sp³-hybridized carbons (Fsp3) is 0.417. The van der Waals surface area contributed by atoms with Gasteiger partial charge in [-0.1, -0.05) is 17.7 Å². The summed E-state index contributed by atoms with van der Waals surface area (Å²) in [6.45, 7) is 8.16. The zero-order valence-corrected chi connectivity index (χ0v) is 10.4. The molecule has 0 atom stereocenters. The van der Waals surface area contributed by atoms with Gasteiger partial charge in [-0.05, 0) is 45.1 Å². The molecule has 1 aromatic rings. The topological polar surface area (TPSA) is 15.3 Å². The van der Waals surface area contributed by atoms with Crippen molar-refractivity contribution in [2.75, 3.05) is 18.4 Å². The molecule has 0 heterocycles. The molecule has 0 aliphatic heterocycles. The third kappa shape index (κ3) is 3.51. The molecule has 15 heavy (non-hydrogen) atoms. The molecular weight excluding hydrogens is 204 g/mol. The van der Waals surface area contributed by atoms with Crippen LogP contribution in [-0.4, -0.2) is 23.1 Å². The first-order chi connectivity index (χ1) is 7.17. The van der Waals surface area contributed by atoms with Gasteiger partial charge >= 0.3 is 0 Å². The highest BCUT2D eigenvalue weighted by Gasteiger charge is 2.04. The van der Waals surface area contributed by atoms with Crippen LogP contribution in [0.4, 0.5) is 5.69 Å². The predicted molar refractivity (Wildman–Crippen MR) is 70.3 cm³/mol. The number of hydrogen-bond acceptors (Lipinski definition) is 1. The Hall–Kier alpha value is -1.09. The van der Waals surface area contributed by atoms with Gasteiger partial charge < -0.3 is 10.2 Å². The molecule has 0 saturated carbocycles. The van der Waals surface area contributed by atoms with E-state index >= 15 is 0 Å². The molecule has 0 saturated heterocycles. The fourth-order valence-electron chi connectivity index (χ4n) is 1.35. The maximum atomic E-state index is 5.30. The SMILES string of the molecule is CCN(CC)C(=S)Nc1ccc(C)cc1. The van der Waals surface area contributed by atoms with Crippen LogP contribution in [0.3, 0.4) is 0 Å². The molecule has 1 aromatic carbocycles. The zero-order chi connectivity index (χ0) is 11.3. The molecule has 3 heteroatoms. The summed E-state index contributed by atoms with van der Waals surface area (Å²) in [7, 11) is 0. The molecular formula is C12H18N2S. The largest absolute Gasteiger partial charge is 0.350 e. The van der Waals surface area contributed by atoms with Gasteiger partial charge in [0.15, 0.2) is 5.11 Å². The standard InChI is InChI=1S/C12H18N2S/c1-4-14(5-2)12(15)13-11-8-6-10(3)7-9-11/h6-9H,4-5H2,1-3H3,(H,13,15). The highest BCUT2D eigenvalue weighted by molar-refractivity contribution is 7.80.